The van der Waals surface area contributed by atoms with Crippen LogP contribution in [0.3, 0.4) is 0 Å². The molecule has 1 aromatic carbocycles. The predicted molar refractivity (Wildman–Crippen MR) is 97.0 cm³/mol. The summed E-state index contributed by atoms with van der Waals surface area (Å²) in [5, 5.41) is 0. The summed E-state index contributed by atoms with van der Waals surface area (Å²) in [6, 6.07) is 6.26. The molecule has 3 aliphatic carbocycles. The molecule has 4 nitrogen and oxygen atoms in total. The molecule has 0 N–H and O–H groups in total. The molecule has 1 aromatic rings. The largest absolute Gasteiger partial charge is 0.427 e. The van der Waals surface area contributed by atoms with Gasteiger partial charge < -0.3 is 14.2 Å². The van der Waals surface area contributed by atoms with Crippen molar-refractivity contribution < 1.29 is 19.0 Å². The van der Waals surface area contributed by atoms with Crippen LogP contribution >= 0.6 is 0 Å². The zero-order chi connectivity index (χ0) is 17.9. The van der Waals surface area contributed by atoms with Crippen LogP contribution in [0.2, 0.25) is 0 Å². The van der Waals surface area contributed by atoms with E-state index in [0.717, 1.165) is 26.1 Å². The first kappa shape index (κ1) is 16.8. The van der Waals surface area contributed by atoms with Gasteiger partial charge in [0.25, 0.3) is 0 Å². The first-order valence-corrected chi connectivity index (χ1v) is 10.1. The summed E-state index contributed by atoms with van der Waals surface area (Å²) in [7, 11) is 0. The fourth-order valence-corrected chi connectivity index (χ4v) is 6.67. The molecule has 5 rings (SSSR count). The lowest BCUT2D eigenvalue weighted by molar-refractivity contribution is -0.237. The summed E-state index contributed by atoms with van der Waals surface area (Å²) in [4.78, 5) is 11.2. The average molecular weight is 356 g/mol. The highest BCUT2D eigenvalue weighted by atomic mass is 16.7. The Labute approximate surface area is 155 Å². The Kier molecular flexibility index (Phi) is 3.74. The fraction of sp³-hybridized carbons (Fsp3) is 0.682. The summed E-state index contributed by atoms with van der Waals surface area (Å²) in [5.74, 6) is 2.14. The molecule has 3 fully saturated rings. The van der Waals surface area contributed by atoms with Gasteiger partial charge in [-0.3, -0.25) is 4.79 Å². The number of rotatable bonds is 1. The lowest BCUT2D eigenvalue weighted by Crippen LogP contribution is -2.51. The van der Waals surface area contributed by atoms with E-state index in [-0.39, 0.29) is 17.2 Å². The van der Waals surface area contributed by atoms with Crippen molar-refractivity contribution in [2.75, 3.05) is 13.2 Å². The summed E-state index contributed by atoms with van der Waals surface area (Å²) in [5.41, 5.74) is 3.00. The highest BCUT2D eigenvalue weighted by Crippen LogP contribution is 2.66. The van der Waals surface area contributed by atoms with Crippen molar-refractivity contribution in [3.63, 3.8) is 0 Å². The van der Waals surface area contributed by atoms with Crippen molar-refractivity contribution in [1.82, 2.24) is 0 Å². The summed E-state index contributed by atoms with van der Waals surface area (Å²) >= 11 is 0. The number of benzene rings is 1. The third-order valence-corrected chi connectivity index (χ3v) is 7.76. The van der Waals surface area contributed by atoms with Gasteiger partial charge in [0.1, 0.15) is 5.75 Å². The van der Waals surface area contributed by atoms with Gasteiger partial charge >= 0.3 is 5.97 Å². The number of ether oxygens (including phenoxy) is 3. The van der Waals surface area contributed by atoms with E-state index in [1.54, 1.807) is 0 Å². The number of carbonyl (C=O) groups is 1. The van der Waals surface area contributed by atoms with E-state index in [0.29, 0.717) is 23.5 Å². The van der Waals surface area contributed by atoms with Crippen molar-refractivity contribution in [2.45, 2.75) is 64.1 Å². The summed E-state index contributed by atoms with van der Waals surface area (Å²) in [6.07, 6.45) is 6.94. The Balaban J connectivity index is 1.44. The molecular formula is C22H28O4. The van der Waals surface area contributed by atoms with Crippen molar-refractivity contribution in [3.8, 4) is 5.75 Å². The molecule has 0 bridgehead atoms. The quantitative estimate of drug-likeness (QED) is 0.558. The first-order valence-electron chi connectivity index (χ1n) is 10.1. The van der Waals surface area contributed by atoms with Gasteiger partial charge in [0.15, 0.2) is 5.79 Å². The highest BCUT2D eigenvalue weighted by molar-refractivity contribution is 5.69. The molecule has 0 aromatic heterocycles. The van der Waals surface area contributed by atoms with Crippen molar-refractivity contribution >= 4 is 5.97 Å². The monoisotopic (exact) mass is 356 g/mol. The number of fused-ring (bicyclic) bond motifs is 6. The average Bonchev–Trinajstić information content (AvgIpc) is 3.21. The van der Waals surface area contributed by atoms with Gasteiger partial charge in [-0.15, -0.1) is 0 Å². The molecule has 26 heavy (non-hydrogen) atoms. The zero-order valence-corrected chi connectivity index (χ0v) is 15.8. The minimum atomic E-state index is -0.317. The molecule has 4 heteroatoms. The molecule has 0 unspecified atom stereocenters. The normalized spacial score (nSPS) is 37.1. The fourth-order valence-electron chi connectivity index (χ4n) is 6.67. The third kappa shape index (κ3) is 2.24. The smallest absolute Gasteiger partial charge is 0.308 e. The van der Waals surface area contributed by atoms with Crippen molar-refractivity contribution in [1.29, 1.82) is 0 Å². The molecule has 4 aliphatic rings. The molecule has 140 valence electrons. The van der Waals surface area contributed by atoms with E-state index < -0.39 is 0 Å². The standard InChI is InChI=1S/C22H28O4/c1-14(23)26-16-4-6-17-15(13-16)3-5-19-18(17)7-9-21(2)20(19)8-10-22(21)24-11-12-25-22/h4,6,13,18-20H,3,5,7-12H2,1-2H3/t18-,19+,20+,21+/m0/s1. The Bertz CT molecular complexity index is 736. The van der Waals surface area contributed by atoms with E-state index in [1.807, 2.05) is 6.07 Å². The Hall–Kier alpha value is -1.39. The van der Waals surface area contributed by atoms with Gasteiger partial charge in [-0.05, 0) is 73.1 Å². The van der Waals surface area contributed by atoms with Gasteiger partial charge in [-0.1, -0.05) is 13.0 Å². The number of hydrogen-bond acceptors (Lipinski definition) is 4. The van der Waals surface area contributed by atoms with Gasteiger partial charge in [0, 0.05) is 18.8 Å². The van der Waals surface area contributed by atoms with Gasteiger partial charge in [0.2, 0.25) is 0 Å². The Morgan fingerprint density at radius 2 is 1.96 bits per heavy atom. The second-order valence-corrected chi connectivity index (χ2v) is 8.81. The SMILES string of the molecule is CC(=O)Oc1ccc2c(c1)CC[C@H]1[C@H]3CCC4(OCCO4)[C@]3(C)CC[C@@H]21. The number of carbonyl (C=O) groups excluding carboxylic acids is 1. The van der Waals surface area contributed by atoms with Crippen LogP contribution in [-0.2, 0) is 20.7 Å². The van der Waals surface area contributed by atoms with E-state index in [2.05, 4.69) is 19.1 Å². The van der Waals surface area contributed by atoms with E-state index in [1.165, 1.54) is 43.7 Å². The van der Waals surface area contributed by atoms with Crippen LogP contribution in [0.4, 0.5) is 0 Å². The molecule has 1 saturated heterocycles. The Morgan fingerprint density at radius 3 is 2.73 bits per heavy atom. The van der Waals surface area contributed by atoms with Crippen LogP contribution in [0.1, 0.15) is 63.0 Å². The molecule has 0 amide bonds. The minimum absolute atomic E-state index is 0.153. The van der Waals surface area contributed by atoms with Gasteiger partial charge in [0.05, 0.1) is 13.2 Å². The van der Waals surface area contributed by atoms with Crippen LogP contribution in [0, 0.1) is 17.3 Å². The molecule has 1 spiro atoms. The van der Waals surface area contributed by atoms with Gasteiger partial charge in [-0.2, -0.15) is 0 Å². The second-order valence-electron chi connectivity index (χ2n) is 8.81. The number of hydrogen-bond donors (Lipinski definition) is 0. The molecule has 0 radical (unpaired) electrons. The van der Waals surface area contributed by atoms with Crippen LogP contribution < -0.4 is 4.74 Å². The summed E-state index contributed by atoms with van der Waals surface area (Å²) < 4.78 is 17.7. The molecule has 1 aliphatic heterocycles. The second kappa shape index (κ2) is 5.80. The van der Waals surface area contributed by atoms with Crippen LogP contribution in [-0.4, -0.2) is 25.0 Å². The maximum Gasteiger partial charge on any atom is 0.308 e. The summed E-state index contributed by atoms with van der Waals surface area (Å²) in [6.45, 7) is 5.38. The molecule has 2 saturated carbocycles. The number of aryl methyl sites for hydroxylation is 1. The molecule has 1 heterocycles. The first-order chi connectivity index (χ1) is 12.5. The van der Waals surface area contributed by atoms with E-state index >= 15 is 0 Å². The highest BCUT2D eigenvalue weighted by Gasteiger charge is 2.64. The topological polar surface area (TPSA) is 44.8 Å². The predicted octanol–water partition coefficient (Wildman–Crippen LogP) is 4.21. The molecular weight excluding hydrogens is 328 g/mol. The third-order valence-electron chi connectivity index (χ3n) is 7.76. The van der Waals surface area contributed by atoms with E-state index in [4.69, 9.17) is 14.2 Å². The molecule has 4 atom stereocenters. The minimum Gasteiger partial charge on any atom is -0.427 e. The van der Waals surface area contributed by atoms with Crippen molar-refractivity contribution in [3.05, 3.63) is 29.3 Å². The maximum atomic E-state index is 11.2. The van der Waals surface area contributed by atoms with E-state index in [9.17, 15) is 4.79 Å². The van der Waals surface area contributed by atoms with Crippen LogP contribution in [0.5, 0.6) is 5.75 Å². The maximum absolute atomic E-state index is 11.2. The van der Waals surface area contributed by atoms with Gasteiger partial charge in [-0.25, -0.2) is 0 Å². The lowest BCUT2D eigenvalue weighted by atomic mass is 9.55. The lowest BCUT2D eigenvalue weighted by Gasteiger charge is -2.52. The van der Waals surface area contributed by atoms with Crippen molar-refractivity contribution in [2.24, 2.45) is 17.3 Å². The van der Waals surface area contributed by atoms with Crippen LogP contribution in [0.15, 0.2) is 18.2 Å². The zero-order valence-electron chi connectivity index (χ0n) is 15.8. The Morgan fingerprint density at radius 1 is 1.15 bits per heavy atom. The van der Waals surface area contributed by atoms with Crippen LogP contribution in [0.25, 0.3) is 0 Å². The number of esters is 1.